The monoisotopic (exact) mass is 257 g/mol. The molecule has 1 aromatic heterocycles. The Hall–Kier alpha value is -0.540. The SMILES string of the molecule is CCN(Cc1ccc(Cl)s1)C(=O)C1CC1C. The van der Waals surface area contributed by atoms with E-state index in [0.29, 0.717) is 18.4 Å². The Morgan fingerprint density at radius 2 is 2.31 bits per heavy atom. The molecule has 0 N–H and O–H groups in total. The molecule has 1 saturated carbocycles. The molecule has 2 rings (SSSR count). The molecule has 1 heterocycles. The van der Waals surface area contributed by atoms with Crippen molar-refractivity contribution >= 4 is 28.8 Å². The molecule has 1 aliphatic rings. The molecule has 88 valence electrons. The number of amides is 1. The van der Waals surface area contributed by atoms with Gasteiger partial charge in [0.1, 0.15) is 0 Å². The van der Waals surface area contributed by atoms with E-state index >= 15 is 0 Å². The van der Waals surface area contributed by atoms with Gasteiger partial charge in [0.05, 0.1) is 10.9 Å². The highest BCUT2D eigenvalue weighted by Crippen LogP contribution is 2.39. The Morgan fingerprint density at radius 1 is 1.62 bits per heavy atom. The van der Waals surface area contributed by atoms with Gasteiger partial charge in [0.2, 0.25) is 5.91 Å². The fourth-order valence-electron chi connectivity index (χ4n) is 1.87. The van der Waals surface area contributed by atoms with Crippen molar-refractivity contribution in [1.29, 1.82) is 0 Å². The highest BCUT2D eigenvalue weighted by molar-refractivity contribution is 7.16. The fourth-order valence-corrected chi connectivity index (χ4v) is 2.97. The zero-order valence-corrected chi connectivity index (χ0v) is 11.1. The maximum Gasteiger partial charge on any atom is 0.226 e. The summed E-state index contributed by atoms with van der Waals surface area (Å²) < 4.78 is 0.790. The van der Waals surface area contributed by atoms with Gasteiger partial charge in [0, 0.05) is 17.3 Å². The second kappa shape index (κ2) is 4.76. The molecule has 0 spiro atoms. The molecule has 0 radical (unpaired) electrons. The molecule has 0 aromatic carbocycles. The molecule has 1 aliphatic carbocycles. The molecule has 0 bridgehead atoms. The highest BCUT2D eigenvalue weighted by atomic mass is 35.5. The molecule has 1 fully saturated rings. The topological polar surface area (TPSA) is 20.3 Å². The largest absolute Gasteiger partial charge is 0.338 e. The predicted molar refractivity (Wildman–Crippen MR) is 67.7 cm³/mol. The van der Waals surface area contributed by atoms with Crippen LogP contribution in [0, 0.1) is 11.8 Å². The van der Waals surface area contributed by atoms with Crippen molar-refractivity contribution in [2.24, 2.45) is 11.8 Å². The van der Waals surface area contributed by atoms with Crippen molar-refractivity contribution in [2.45, 2.75) is 26.8 Å². The summed E-state index contributed by atoms with van der Waals surface area (Å²) in [5.41, 5.74) is 0. The van der Waals surface area contributed by atoms with Crippen LogP contribution in [0.2, 0.25) is 4.34 Å². The van der Waals surface area contributed by atoms with Gasteiger partial charge in [-0.2, -0.15) is 0 Å². The quantitative estimate of drug-likeness (QED) is 0.810. The van der Waals surface area contributed by atoms with Gasteiger partial charge in [-0.3, -0.25) is 4.79 Å². The molecule has 2 nitrogen and oxygen atoms in total. The fraction of sp³-hybridized carbons (Fsp3) is 0.583. The number of hydrogen-bond donors (Lipinski definition) is 0. The molecule has 4 heteroatoms. The molecular weight excluding hydrogens is 242 g/mol. The van der Waals surface area contributed by atoms with E-state index in [1.54, 1.807) is 11.3 Å². The molecule has 0 saturated heterocycles. The van der Waals surface area contributed by atoms with Crippen molar-refractivity contribution in [3.63, 3.8) is 0 Å². The van der Waals surface area contributed by atoms with Crippen LogP contribution in [0.1, 0.15) is 25.1 Å². The average molecular weight is 258 g/mol. The summed E-state index contributed by atoms with van der Waals surface area (Å²) in [5, 5.41) is 0. The third-order valence-corrected chi connectivity index (χ3v) is 4.31. The van der Waals surface area contributed by atoms with Crippen molar-refractivity contribution in [3.05, 3.63) is 21.3 Å². The van der Waals surface area contributed by atoms with E-state index in [1.165, 1.54) is 0 Å². The van der Waals surface area contributed by atoms with Gasteiger partial charge in [0.25, 0.3) is 0 Å². The third kappa shape index (κ3) is 2.58. The summed E-state index contributed by atoms with van der Waals surface area (Å²) in [6.45, 7) is 5.64. The summed E-state index contributed by atoms with van der Waals surface area (Å²) in [5.74, 6) is 1.16. The molecule has 2 atom stereocenters. The van der Waals surface area contributed by atoms with Crippen LogP contribution in [0.15, 0.2) is 12.1 Å². The van der Waals surface area contributed by atoms with E-state index in [2.05, 4.69) is 6.92 Å². The van der Waals surface area contributed by atoms with Gasteiger partial charge >= 0.3 is 0 Å². The van der Waals surface area contributed by atoms with Crippen LogP contribution < -0.4 is 0 Å². The first-order chi connectivity index (χ1) is 7.61. The molecule has 16 heavy (non-hydrogen) atoms. The maximum atomic E-state index is 12.1. The molecule has 1 aromatic rings. The Balaban J connectivity index is 1.97. The molecule has 0 aliphatic heterocycles. The van der Waals surface area contributed by atoms with Crippen LogP contribution in [0.25, 0.3) is 0 Å². The predicted octanol–water partition coefficient (Wildman–Crippen LogP) is 3.41. The minimum absolute atomic E-state index is 0.274. The summed E-state index contributed by atoms with van der Waals surface area (Å²) in [4.78, 5) is 15.1. The molecule has 2 unspecified atom stereocenters. The average Bonchev–Trinajstić information content (AvgIpc) is 2.84. The number of halogens is 1. The van der Waals surface area contributed by atoms with Gasteiger partial charge < -0.3 is 4.90 Å². The van der Waals surface area contributed by atoms with Crippen LogP contribution in [0.3, 0.4) is 0 Å². The number of carbonyl (C=O) groups excluding carboxylic acids is 1. The van der Waals surface area contributed by atoms with E-state index in [-0.39, 0.29) is 5.92 Å². The van der Waals surface area contributed by atoms with Gasteiger partial charge in [-0.05, 0) is 31.4 Å². The highest BCUT2D eigenvalue weighted by Gasteiger charge is 2.41. The van der Waals surface area contributed by atoms with Crippen LogP contribution in [0.4, 0.5) is 0 Å². The lowest BCUT2D eigenvalue weighted by molar-refractivity contribution is -0.133. The smallest absolute Gasteiger partial charge is 0.226 e. The molecule has 1 amide bonds. The Bertz CT molecular complexity index is 390. The number of rotatable bonds is 4. The van der Waals surface area contributed by atoms with Crippen LogP contribution in [-0.4, -0.2) is 17.4 Å². The van der Waals surface area contributed by atoms with Gasteiger partial charge in [-0.15, -0.1) is 11.3 Å². The Kier molecular flexibility index (Phi) is 3.55. The Morgan fingerprint density at radius 3 is 2.75 bits per heavy atom. The van der Waals surface area contributed by atoms with Crippen molar-refractivity contribution in [1.82, 2.24) is 4.90 Å². The van der Waals surface area contributed by atoms with E-state index in [4.69, 9.17) is 11.6 Å². The second-order valence-corrected chi connectivity index (χ2v) is 6.18. The summed E-state index contributed by atoms with van der Waals surface area (Å²) in [6.07, 6.45) is 1.06. The van der Waals surface area contributed by atoms with E-state index < -0.39 is 0 Å². The van der Waals surface area contributed by atoms with E-state index in [9.17, 15) is 4.79 Å². The first kappa shape index (κ1) is 11.9. The third-order valence-electron chi connectivity index (χ3n) is 3.10. The molecular formula is C12H16ClNOS. The van der Waals surface area contributed by atoms with Gasteiger partial charge in [-0.1, -0.05) is 18.5 Å². The van der Waals surface area contributed by atoms with Crippen LogP contribution in [-0.2, 0) is 11.3 Å². The lowest BCUT2D eigenvalue weighted by Crippen LogP contribution is -2.31. The summed E-state index contributed by atoms with van der Waals surface area (Å²) >= 11 is 7.43. The zero-order valence-electron chi connectivity index (χ0n) is 9.57. The van der Waals surface area contributed by atoms with Crippen molar-refractivity contribution in [3.8, 4) is 0 Å². The van der Waals surface area contributed by atoms with E-state index in [0.717, 1.165) is 22.2 Å². The summed E-state index contributed by atoms with van der Waals surface area (Å²) in [7, 11) is 0. The zero-order chi connectivity index (χ0) is 11.7. The number of carbonyl (C=O) groups is 1. The number of nitrogens with zero attached hydrogens (tertiary/aromatic N) is 1. The summed E-state index contributed by atoms with van der Waals surface area (Å²) in [6, 6.07) is 3.89. The van der Waals surface area contributed by atoms with Crippen molar-refractivity contribution in [2.75, 3.05) is 6.54 Å². The minimum atomic E-state index is 0.274. The first-order valence-electron chi connectivity index (χ1n) is 5.64. The van der Waals surface area contributed by atoms with Crippen molar-refractivity contribution < 1.29 is 4.79 Å². The van der Waals surface area contributed by atoms with Crippen LogP contribution in [0.5, 0.6) is 0 Å². The minimum Gasteiger partial charge on any atom is -0.338 e. The first-order valence-corrected chi connectivity index (χ1v) is 6.84. The number of thiophene rings is 1. The second-order valence-electron chi connectivity index (χ2n) is 4.38. The Labute approximate surface area is 105 Å². The van der Waals surface area contributed by atoms with E-state index in [1.807, 2.05) is 24.0 Å². The maximum absolute atomic E-state index is 12.1. The van der Waals surface area contributed by atoms with Crippen LogP contribution >= 0.6 is 22.9 Å². The lowest BCUT2D eigenvalue weighted by Gasteiger charge is -2.20. The number of hydrogen-bond acceptors (Lipinski definition) is 2. The lowest BCUT2D eigenvalue weighted by atomic mass is 10.3. The van der Waals surface area contributed by atoms with Gasteiger partial charge in [0.15, 0.2) is 0 Å². The standard InChI is InChI=1S/C12H16ClNOS/c1-3-14(12(15)10-6-8(10)2)7-9-4-5-11(13)16-9/h4-5,8,10H,3,6-7H2,1-2H3. The normalized spacial score (nSPS) is 23.2. The van der Waals surface area contributed by atoms with Gasteiger partial charge in [-0.25, -0.2) is 0 Å².